The number of carbonyl (C=O) groups excluding carboxylic acids is 4. The van der Waals surface area contributed by atoms with Crippen LogP contribution in [0.4, 0.5) is 0 Å². The Labute approximate surface area is 185 Å². The van der Waals surface area contributed by atoms with E-state index in [0.29, 0.717) is 12.3 Å². The van der Waals surface area contributed by atoms with Gasteiger partial charge >= 0.3 is 5.97 Å². The fourth-order valence-corrected chi connectivity index (χ4v) is 3.90. The summed E-state index contributed by atoms with van der Waals surface area (Å²) in [6, 6.07) is 11.9. The van der Waals surface area contributed by atoms with Crippen molar-refractivity contribution >= 4 is 35.5 Å². The van der Waals surface area contributed by atoms with E-state index in [-0.39, 0.29) is 11.1 Å². The SMILES string of the molecule is Cc1ccc(SCCNC(=O)COC(=O)C(C)N2C(=O)c3ccc(C)cc3C2=O)cc1. The Kier molecular flexibility index (Phi) is 7.12. The smallest absolute Gasteiger partial charge is 0.329 e. The molecule has 3 amide bonds. The first-order chi connectivity index (χ1) is 14.8. The second-order valence-electron chi connectivity index (χ2n) is 7.32. The summed E-state index contributed by atoms with van der Waals surface area (Å²) in [5.74, 6) is -1.65. The summed E-state index contributed by atoms with van der Waals surface area (Å²) in [6.07, 6.45) is 0. The molecule has 2 aromatic carbocycles. The number of rotatable bonds is 8. The van der Waals surface area contributed by atoms with Gasteiger partial charge in [-0.15, -0.1) is 11.8 Å². The number of hydrogen-bond donors (Lipinski definition) is 1. The molecule has 3 rings (SSSR count). The average Bonchev–Trinajstić information content (AvgIpc) is 2.99. The van der Waals surface area contributed by atoms with Gasteiger partial charge in [-0.3, -0.25) is 19.3 Å². The number of nitrogens with one attached hydrogen (secondary N) is 1. The Bertz CT molecular complexity index is 1020. The second kappa shape index (κ2) is 9.78. The van der Waals surface area contributed by atoms with Crippen molar-refractivity contribution in [2.45, 2.75) is 31.7 Å². The molecule has 1 heterocycles. The Hall–Kier alpha value is -3.13. The number of carbonyl (C=O) groups is 4. The molecule has 1 atom stereocenters. The van der Waals surface area contributed by atoms with Crippen LogP contribution in [0.25, 0.3) is 0 Å². The Morgan fingerprint density at radius 2 is 1.65 bits per heavy atom. The van der Waals surface area contributed by atoms with E-state index >= 15 is 0 Å². The Morgan fingerprint density at radius 3 is 2.35 bits per heavy atom. The number of hydrogen-bond acceptors (Lipinski definition) is 6. The first-order valence-electron chi connectivity index (χ1n) is 9.89. The maximum absolute atomic E-state index is 12.6. The molecule has 1 unspecified atom stereocenters. The van der Waals surface area contributed by atoms with Gasteiger partial charge in [0.25, 0.3) is 17.7 Å². The molecular weight excluding hydrogens is 416 g/mol. The van der Waals surface area contributed by atoms with Crippen LogP contribution >= 0.6 is 11.8 Å². The summed E-state index contributed by atoms with van der Waals surface area (Å²) in [7, 11) is 0. The van der Waals surface area contributed by atoms with Crippen LogP contribution in [-0.4, -0.2) is 53.5 Å². The number of nitrogens with zero attached hydrogens (tertiary/aromatic N) is 1. The molecule has 1 aliphatic rings. The third kappa shape index (κ3) is 5.32. The highest BCUT2D eigenvalue weighted by molar-refractivity contribution is 7.99. The largest absolute Gasteiger partial charge is 0.454 e. The molecule has 162 valence electrons. The van der Waals surface area contributed by atoms with E-state index in [1.807, 2.05) is 38.1 Å². The van der Waals surface area contributed by atoms with Crippen LogP contribution < -0.4 is 5.32 Å². The summed E-state index contributed by atoms with van der Waals surface area (Å²) < 4.78 is 5.02. The fraction of sp³-hybridized carbons (Fsp3) is 0.304. The van der Waals surface area contributed by atoms with Gasteiger partial charge in [0, 0.05) is 17.2 Å². The Morgan fingerprint density at radius 1 is 1.00 bits per heavy atom. The highest BCUT2D eigenvalue weighted by Crippen LogP contribution is 2.26. The standard InChI is InChI=1S/C23H24N2O5S/c1-14-4-7-17(8-5-14)31-11-10-24-20(26)13-30-23(29)16(3)25-21(27)18-9-6-15(2)12-19(18)22(25)28/h4-9,12,16H,10-11,13H2,1-3H3,(H,24,26). The minimum Gasteiger partial charge on any atom is -0.454 e. The zero-order chi connectivity index (χ0) is 22.5. The molecule has 31 heavy (non-hydrogen) atoms. The van der Waals surface area contributed by atoms with Crippen LogP contribution in [0.5, 0.6) is 0 Å². The van der Waals surface area contributed by atoms with Crippen molar-refractivity contribution in [3.8, 4) is 0 Å². The van der Waals surface area contributed by atoms with Gasteiger partial charge in [0.2, 0.25) is 0 Å². The lowest BCUT2D eigenvalue weighted by molar-refractivity contribution is -0.151. The van der Waals surface area contributed by atoms with Gasteiger partial charge in [0.05, 0.1) is 11.1 Å². The van der Waals surface area contributed by atoms with Crippen molar-refractivity contribution in [3.63, 3.8) is 0 Å². The molecule has 0 saturated heterocycles. The summed E-state index contributed by atoms with van der Waals surface area (Å²) in [5, 5.41) is 2.68. The molecule has 0 radical (unpaired) electrons. The maximum Gasteiger partial charge on any atom is 0.329 e. The third-order valence-electron chi connectivity index (χ3n) is 4.86. The number of esters is 1. The zero-order valence-electron chi connectivity index (χ0n) is 17.6. The number of fused-ring (bicyclic) bond motifs is 1. The number of aryl methyl sites for hydroxylation is 2. The zero-order valence-corrected chi connectivity index (χ0v) is 18.5. The molecule has 0 saturated carbocycles. The molecule has 0 aliphatic carbocycles. The van der Waals surface area contributed by atoms with E-state index in [9.17, 15) is 19.2 Å². The van der Waals surface area contributed by atoms with E-state index in [1.54, 1.807) is 30.0 Å². The topological polar surface area (TPSA) is 92.8 Å². The number of amides is 3. The van der Waals surface area contributed by atoms with Gasteiger partial charge < -0.3 is 10.1 Å². The van der Waals surface area contributed by atoms with Gasteiger partial charge in [-0.05, 0) is 45.0 Å². The molecular formula is C23H24N2O5S. The van der Waals surface area contributed by atoms with Gasteiger partial charge in [-0.25, -0.2) is 4.79 Å². The molecule has 0 bridgehead atoms. The number of thioether (sulfide) groups is 1. The van der Waals surface area contributed by atoms with Gasteiger partial charge in [-0.1, -0.05) is 29.3 Å². The summed E-state index contributed by atoms with van der Waals surface area (Å²) in [5.41, 5.74) is 2.56. The molecule has 8 heteroatoms. The predicted molar refractivity (Wildman–Crippen MR) is 117 cm³/mol. The quantitative estimate of drug-likeness (QED) is 0.294. The Balaban J connectivity index is 1.43. The van der Waals surface area contributed by atoms with Crippen molar-refractivity contribution in [3.05, 3.63) is 64.7 Å². The predicted octanol–water partition coefficient (Wildman–Crippen LogP) is 2.74. The van der Waals surface area contributed by atoms with Crippen molar-refractivity contribution in [1.82, 2.24) is 10.2 Å². The lowest BCUT2D eigenvalue weighted by Gasteiger charge is -2.20. The van der Waals surface area contributed by atoms with E-state index in [1.165, 1.54) is 12.5 Å². The molecule has 7 nitrogen and oxygen atoms in total. The minimum absolute atomic E-state index is 0.263. The van der Waals surface area contributed by atoms with Crippen LogP contribution in [-0.2, 0) is 14.3 Å². The molecule has 0 aromatic heterocycles. The van der Waals surface area contributed by atoms with E-state index in [2.05, 4.69) is 5.32 Å². The monoisotopic (exact) mass is 440 g/mol. The number of ether oxygens (including phenoxy) is 1. The van der Waals surface area contributed by atoms with Gasteiger partial charge in [-0.2, -0.15) is 0 Å². The molecule has 0 fully saturated rings. The summed E-state index contributed by atoms with van der Waals surface area (Å²) in [6.45, 7) is 5.19. The van der Waals surface area contributed by atoms with E-state index < -0.39 is 36.3 Å². The van der Waals surface area contributed by atoms with Crippen molar-refractivity contribution in [2.75, 3.05) is 18.9 Å². The van der Waals surface area contributed by atoms with Gasteiger partial charge in [0.1, 0.15) is 6.04 Å². The van der Waals surface area contributed by atoms with Crippen LogP contribution in [0.15, 0.2) is 47.4 Å². The second-order valence-corrected chi connectivity index (χ2v) is 8.49. The molecule has 0 spiro atoms. The maximum atomic E-state index is 12.6. The van der Waals surface area contributed by atoms with E-state index in [4.69, 9.17) is 4.74 Å². The first-order valence-corrected chi connectivity index (χ1v) is 10.9. The third-order valence-corrected chi connectivity index (χ3v) is 5.88. The minimum atomic E-state index is -1.13. The highest BCUT2D eigenvalue weighted by atomic mass is 32.2. The van der Waals surface area contributed by atoms with Gasteiger partial charge in [0.15, 0.2) is 6.61 Å². The average molecular weight is 441 g/mol. The fourth-order valence-electron chi connectivity index (χ4n) is 3.13. The van der Waals surface area contributed by atoms with Crippen LogP contribution in [0.2, 0.25) is 0 Å². The van der Waals surface area contributed by atoms with Crippen LogP contribution in [0.1, 0.15) is 38.8 Å². The van der Waals surface area contributed by atoms with Crippen LogP contribution in [0, 0.1) is 13.8 Å². The van der Waals surface area contributed by atoms with Crippen molar-refractivity contribution < 1.29 is 23.9 Å². The summed E-state index contributed by atoms with van der Waals surface area (Å²) in [4.78, 5) is 51.4. The van der Waals surface area contributed by atoms with Crippen molar-refractivity contribution in [1.29, 1.82) is 0 Å². The molecule has 1 N–H and O–H groups in total. The molecule has 1 aliphatic heterocycles. The lowest BCUT2D eigenvalue weighted by atomic mass is 10.1. The normalized spacial score (nSPS) is 13.7. The van der Waals surface area contributed by atoms with Crippen LogP contribution in [0.3, 0.4) is 0 Å². The number of benzene rings is 2. The van der Waals surface area contributed by atoms with E-state index in [0.717, 1.165) is 15.4 Å². The molecule has 2 aromatic rings. The van der Waals surface area contributed by atoms with Crippen molar-refractivity contribution in [2.24, 2.45) is 0 Å². The lowest BCUT2D eigenvalue weighted by Crippen LogP contribution is -2.44. The summed E-state index contributed by atoms with van der Waals surface area (Å²) >= 11 is 1.61. The number of imide groups is 1. The highest BCUT2D eigenvalue weighted by Gasteiger charge is 2.41. The first kappa shape index (κ1) is 22.6.